The van der Waals surface area contributed by atoms with Gasteiger partial charge in [-0.15, -0.1) is 0 Å². The molecule has 0 saturated carbocycles. The van der Waals surface area contributed by atoms with Crippen LogP contribution >= 0.6 is 8.60 Å². The van der Waals surface area contributed by atoms with Gasteiger partial charge in [0.15, 0.2) is 0 Å². The third-order valence-corrected chi connectivity index (χ3v) is 3.85. The van der Waals surface area contributed by atoms with Crippen LogP contribution in [0.1, 0.15) is 0 Å². The molecule has 0 amide bonds. The van der Waals surface area contributed by atoms with Crippen LogP contribution in [0.5, 0.6) is 17.2 Å². The fraction of sp³-hybridized carbons (Fsp3) is 0. The van der Waals surface area contributed by atoms with Crippen molar-refractivity contribution >= 4 is 31.7 Å². The minimum Gasteiger partial charge on any atom is -2.00 e. The number of para-hydroxylation sites is 3. The minimum absolute atomic E-state index is 0. The Hall–Kier alpha value is -1.78. The molecule has 0 heterocycles. The quantitative estimate of drug-likeness (QED) is 0.467. The molecule has 0 aliphatic carbocycles. The van der Waals surface area contributed by atoms with E-state index in [0.29, 0.717) is 17.2 Å². The Morgan fingerprint density at radius 3 is 0.958 bits per heavy atom. The number of rotatable bonds is 6. The topological polar surface area (TPSA) is 56.2 Å². The monoisotopic (exact) mass is 350 g/mol. The van der Waals surface area contributed by atoms with Crippen LogP contribution in [0.2, 0.25) is 0 Å². The van der Waals surface area contributed by atoms with Crippen molar-refractivity contribution in [3.8, 4) is 17.2 Å². The Morgan fingerprint density at radius 1 is 0.458 bits per heavy atom. The third-order valence-electron chi connectivity index (χ3n) is 2.77. The zero-order valence-corrected chi connectivity index (χ0v) is 15.3. The fourth-order valence-electron chi connectivity index (χ4n) is 1.76. The molecule has 0 bridgehead atoms. The molecule has 3 rings (SSSR count). The van der Waals surface area contributed by atoms with Gasteiger partial charge in [-0.3, -0.25) is 0 Å². The molecule has 3 aromatic rings. The second kappa shape index (κ2) is 10.9. The van der Waals surface area contributed by atoms with E-state index < -0.39 is 8.60 Å². The van der Waals surface area contributed by atoms with E-state index in [1.807, 2.05) is 91.0 Å². The molecule has 3 aromatic carbocycles. The van der Waals surface area contributed by atoms with Gasteiger partial charge >= 0.3 is 31.7 Å². The van der Waals surface area contributed by atoms with Crippen LogP contribution in [0.4, 0.5) is 0 Å². The molecule has 0 N–H and O–H groups in total. The first-order valence-electron chi connectivity index (χ1n) is 6.89. The average molecular weight is 351 g/mol. The van der Waals surface area contributed by atoms with E-state index in [0.717, 1.165) is 0 Å². The van der Waals surface area contributed by atoms with Crippen LogP contribution in [0.3, 0.4) is 0 Å². The molecule has 6 heteroatoms. The summed E-state index contributed by atoms with van der Waals surface area (Å²) >= 11 is 0. The SMILES string of the molecule is [Mg+2].[O-2].c1ccc(OP(Oc2ccccc2)Oc2ccccc2)cc1. The summed E-state index contributed by atoms with van der Waals surface area (Å²) in [4.78, 5) is 0. The van der Waals surface area contributed by atoms with Crippen molar-refractivity contribution in [1.29, 1.82) is 0 Å². The summed E-state index contributed by atoms with van der Waals surface area (Å²) in [5, 5.41) is 0. The number of benzene rings is 3. The van der Waals surface area contributed by atoms with E-state index >= 15 is 0 Å². The van der Waals surface area contributed by atoms with Crippen molar-refractivity contribution in [2.24, 2.45) is 0 Å². The summed E-state index contributed by atoms with van der Waals surface area (Å²) < 4.78 is 17.5. The van der Waals surface area contributed by atoms with E-state index in [9.17, 15) is 0 Å². The van der Waals surface area contributed by atoms with Crippen LogP contribution in [0, 0.1) is 0 Å². The molecule has 0 radical (unpaired) electrons. The maximum absolute atomic E-state index is 5.84. The molecule has 24 heavy (non-hydrogen) atoms. The maximum atomic E-state index is 5.84. The summed E-state index contributed by atoms with van der Waals surface area (Å²) in [7, 11) is -1.59. The third kappa shape index (κ3) is 6.38. The first kappa shape index (κ1) is 20.3. The van der Waals surface area contributed by atoms with Gasteiger partial charge in [0, 0.05) is 0 Å². The summed E-state index contributed by atoms with van der Waals surface area (Å²) in [6.45, 7) is 0. The molecule has 0 aliphatic rings. The molecular weight excluding hydrogens is 335 g/mol. The smallest absolute Gasteiger partial charge is 2.00 e. The largest absolute Gasteiger partial charge is 2.00 e. The molecule has 0 spiro atoms. The van der Waals surface area contributed by atoms with Gasteiger partial charge in [-0.2, -0.15) is 0 Å². The normalized spacial score (nSPS) is 9.38. The second-order valence-corrected chi connectivity index (χ2v) is 5.43. The number of hydrogen-bond acceptors (Lipinski definition) is 3. The van der Waals surface area contributed by atoms with Crippen molar-refractivity contribution in [3.63, 3.8) is 0 Å². The van der Waals surface area contributed by atoms with Gasteiger partial charge in [-0.25, -0.2) is 0 Å². The van der Waals surface area contributed by atoms with E-state index in [1.165, 1.54) is 0 Å². The Balaban J connectivity index is 0.00000144. The van der Waals surface area contributed by atoms with Crippen LogP contribution in [0.25, 0.3) is 0 Å². The van der Waals surface area contributed by atoms with Crippen LogP contribution < -0.4 is 13.6 Å². The van der Waals surface area contributed by atoms with Crippen LogP contribution in [0.15, 0.2) is 91.0 Å². The molecule has 0 saturated heterocycles. The first-order chi connectivity index (χ1) is 10.9. The van der Waals surface area contributed by atoms with Crippen molar-refractivity contribution in [1.82, 2.24) is 0 Å². The van der Waals surface area contributed by atoms with Gasteiger partial charge in [0.2, 0.25) is 0 Å². The van der Waals surface area contributed by atoms with Crippen molar-refractivity contribution in [3.05, 3.63) is 91.0 Å². The minimum atomic E-state index is -1.59. The number of hydrogen-bond donors (Lipinski definition) is 0. The molecule has 0 aromatic heterocycles. The Bertz CT molecular complexity index is 584. The Morgan fingerprint density at radius 2 is 0.708 bits per heavy atom. The zero-order valence-electron chi connectivity index (χ0n) is 12.9. The maximum Gasteiger partial charge on any atom is 2.00 e. The molecule has 118 valence electrons. The molecule has 0 atom stereocenters. The Labute approximate surface area is 158 Å². The van der Waals surface area contributed by atoms with Gasteiger partial charge in [0.25, 0.3) is 0 Å². The van der Waals surface area contributed by atoms with E-state index in [1.54, 1.807) is 0 Å². The summed E-state index contributed by atoms with van der Waals surface area (Å²) in [6, 6.07) is 28.5. The van der Waals surface area contributed by atoms with Gasteiger partial charge in [0.05, 0.1) is 0 Å². The van der Waals surface area contributed by atoms with Gasteiger partial charge in [0.1, 0.15) is 17.2 Å². The van der Waals surface area contributed by atoms with Crippen molar-refractivity contribution in [2.45, 2.75) is 0 Å². The standard InChI is InChI=1S/C18H15O3P.Mg.O/c1-4-10-16(11-5-1)19-22(20-17-12-6-2-7-13-17)21-18-14-8-3-9-15-18;;/h1-15H;;/q;+2;-2. The van der Waals surface area contributed by atoms with E-state index in [-0.39, 0.29) is 28.5 Å². The second-order valence-electron chi connectivity index (χ2n) is 4.44. The van der Waals surface area contributed by atoms with Gasteiger partial charge in [-0.1, -0.05) is 54.6 Å². The van der Waals surface area contributed by atoms with Crippen LogP contribution in [-0.2, 0) is 5.48 Å². The van der Waals surface area contributed by atoms with Crippen molar-refractivity contribution < 1.29 is 19.0 Å². The molecule has 0 fully saturated rings. The molecular formula is C18H15MgO4P. The predicted molar refractivity (Wildman–Crippen MR) is 94.6 cm³/mol. The Kier molecular flexibility index (Phi) is 9.19. The molecule has 0 aliphatic heterocycles. The molecule has 4 nitrogen and oxygen atoms in total. The van der Waals surface area contributed by atoms with Crippen molar-refractivity contribution in [2.75, 3.05) is 0 Å². The van der Waals surface area contributed by atoms with Crippen LogP contribution in [-0.4, -0.2) is 23.1 Å². The summed E-state index contributed by atoms with van der Waals surface area (Å²) in [6.07, 6.45) is 0. The van der Waals surface area contributed by atoms with Gasteiger partial charge < -0.3 is 19.0 Å². The van der Waals surface area contributed by atoms with E-state index in [2.05, 4.69) is 0 Å². The van der Waals surface area contributed by atoms with E-state index in [4.69, 9.17) is 13.6 Å². The fourth-order valence-corrected chi connectivity index (χ4v) is 2.75. The summed E-state index contributed by atoms with van der Waals surface area (Å²) in [5.74, 6) is 2.13. The molecule has 0 unspecified atom stereocenters. The average Bonchev–Trinajstić information content (AvgIpc) is 2.57. The first-order valence-corrected chi connectivity index (χ1v) is 7.99. The zero-order chi connectivity index (χ0) is 15.0. The predicted octanol–water partition coefficient (Wildman–Crippen LogP) is 4.95. The summed E-state index contributed by atoms with van der Waals surface area (Å²) in [5.41, 5.74) is 0. The van der Waals surface area contributed by atoms with Gasteiger partial charge in [-0.05, 0) is 36.4 Å².